The second-order valence-corrected chi connectivity index (χ2v) is 7.04. The van der Waals surface area contributed by atoms with Gasteiger partial charge in [-0.3, -0.25) is 4.79 Å². The van der Waals surface area contributed by atoms with Gasteiger partial charge in [0.05, 0.1) is 23.7 Å². The largest absolute Gasteiger partial charge is 0.358 e. The molecule has 1 aromatic heterocycles. The second kappa shape index (κ2) is 5.88. The number of aromatic nitrogens is 1. The normalized spacial score (nSPS) is 22.2. The highest BCUT2D eigenvalue weighted by molar-refractivity contribution is 5.83. The minimum absolute atomic E-state index is 0.225. The van der Waals surface area contributed by atoms with E-state index in [0.717, 1.165) is 39.8 Å². The molecule has 0 bridgehead atoms. The summed E-state index contributed by atoms with van der Waals surface area (Å²) in [5.41, 5.74) is 5.54. The average molecular weight is 299 g/mol. The fraction of sp³-hybridized carbons (Fsp3) is 0.526. The lowest BCUT2D eigenvalue weighted by Gasteiger charge is -2.30. The highest BCUT2D eigenvalue weighted by atomic mass is 16.1. The van der Waals surface area contributed by atoms with Crippen LogP contribution in [-0.2, 0) is 6.54 Å². The van der Waals surface area contributed by atoms with Gasteiger partial charge in [0.2, 0.25) is 0 Å². The molecule has 1 aromatic carbocycles. The van der Waals surface area contributed by atoms with E-state index in [-0.39, 0.29) is 5.43 Å². The second-order valence-electron chi connectivity index (χ2n) is 7.04. The molecule has 3 heteroatoms. The van der Waals surface area contributed by atoms with Gasteiger partial charge >= 0.3 is 0 Å². The molecule has 1 saturated heterocycles. The van der Waals surface area contributed by atoms with E-state index in [0.29, 0.717) is 6.04 Å². The SMILES string of the molecule is Cc1cc(C)c2[nH]c(C)c(C[NH+]3CCCCC3C)c(=O)c2c1. The number of aryl methyl sites for hydroxylation is 3. The maximum Gasteiger partial charge on any atom is 0.198 e. The first kappa shape index (κ1) is 15.3. The van der Waals surface area contributed by atoms with Crippen LogP contribution in [0.1, 0.15) is 48.6 Å². The van der Waals surface area contributed by atoms with Crippen molar-refractivity contribution in [3.05, 3.63) is 44.7 Å². The molecule has 0 aliphatic carbocycles. The predicted molar refractivity (Wildman–Crippen MR) is 91.6 cm³/mol. The number of rotatable bonds is 2. The number of hydrogen-bond acceptors (Lipinski definition) is 1. The van der Waals surface area contributed by atoms with E-state index in [2.05, 4.69) is 31.8 Å². The summed E-state index contributed by atoms with van der Waals surface area (Å²) < 4.78 is 0. The van der Waals surface area contributed by atoms with Gasteiger partial charge < -0.3 is 9.88 Å². The maximum atomic E-state index is 13.0. The Bertz CT molecular complexity index is 760. The molecule has 1 fully saturated rings. The Morgan fingerprint density at radius 3 is 2.73 bits per heavy atom. The topological polar surface area (TPSA) is 37.3 Å². The fourth-order valence-corrected chi connectivity index (χ4v) is 3.86. The Morgan fingerprint density at radius 1 is 1.23 bits per heavy atom. The molecular formula is C19H27N2O+. The van der Waals surface area contributed by atoms with E-state index >= 15 is 0 Å². The van der Waals surface area contributed by atoms with Crippen LogP contribution in [0.5, 0.6) is 0 Å². The van der Waals surface area contributed by atoms with Crippen LogP contribution in [0.4, 0.5) is 0 Å². The predicted octanol–water partition coefficient (Wildman–Crippen LogP) is 2.41. The molecule has 0 saturated carbocycles. The zero-order chi connectivity index (χ0) is 15.9. The van der Waals surface area contributed by atoms with Crippen molar-refractivity contribution in [3.63, 3.8) is 0 Å². The Labute approximate surface area is 132 Å². The molecule has 2 atom stereocenters. The molecule has 1 aliphatic rings. The first-order valence-electron chi connectivity index (χ1n) is 8.44. The third-order valence-electron chi connectivity index (χ3n) is 5.25. The number of quaternary nitrogens is 1. The fourth-order valence-electron chi connectivity index (χ4n) is 3.86. The number of likely N-dealkylation sites (tertiary alicyclic amines) is 1. The summed E-state index contributed by atoms with van der Waals surface area (Å²) in [7, 11) is 0. The molecule has 22 heavy (non-hydrogen) atoms. The van der Waals surface area contributed by atoms with Gasteiger partial charge in [-0.15, -0.1) is 0 Å². The number of hydrogen-bond donors (Lipinski definition) is 2. The van der Waals surface area contributed by atoms with Crippen molar-refractivity contribution in [1.82, 2.24) is 4.98 Å². The zero-order valence-electron chi connectivity index (χ0n) is 14.2. The van der Waals surface area contributed by atoms with E-state index in [1.165, 1.54) is 25.8 Å². The monoisotopic (exact) mass is 299 g/mol. The van der Waals surface area contributed by atoms with Gasteiger partial charge in [0.25, 0.3) is 0 Å². The van der Waals surface area contributed by atoms with Crippen LogP contribution in [0.2, 0.25) is 0 Å². The van der Waals surface area contributed by atoms with Crippen molar-refractivity contribution in [2.24, 2.45) is 0 Å². The zero-order valence-corrected chi connectivity index (χ0v) is 14.2. The maximum absolute atomic E-state index is 13.0. The van der Waals surface area contributed by atoms with Crippen LogP contribution in [0.25, 0.3) is 10.9 Å². The van der Waals surface area contributed by atoms with Gasteiger partial charge in [-0.25, -0.2) is 0 Å². The average Bonchev–Trinajstić information content (AvgIpc) is 2.47. The number of H-pyrrole nitrogens is 1. The molecule has 1 aliphatic heterocycles. The molecule has 0 radical (unpaired) electrons. The lowest BCUT2D eigenvalue weighted by molar-refractivity contribution is -0.942. The van der Waals surface area contributed by atoms with E-state index in [1.807, 2.05) is 13.0 Å². The van der Waals surface area contributed by atoms with Gasteiger partial charge in [-0.2, -0.15) is 0 Å². The summed E-state index contributed by atoms with van der Waals surface area (Å²) in [5, 5.41) is 0.849. The molecule has 118 valence electrons. The molecule has 0 amide bonds. The third-order valence-corrected chi connectivity index (χ3v) is 5.25. The van der Waals surface area contributed by atoms with E-state index in [1.54, 1.807) is 4.90 Å². The molecule has 2 heterocycles. The number of piperidine rings is 1. The molecule has 0 spiro atoms. The summed E-state index contributed by atoms with van der Waals surface area (Å²) >= 11 is 0. The van der Waals surface area contributed by atoms with Crippen molar-refractivity contribution >= 4 is 10.9 Å². The lowest BCUT2D eigenvalue weighted by atomic mass is 10.00. The summed E-state index contributed by atoms with van der Waals surface area (Å²) in [5.74, 6) is 0. The summed E-state index contributed by atoms with van der Waals surface area (Å²) in [6.07, 6.45) is 3.89. The van der Waals surface area contributed by atoms with Crippen LogP contribution in [0.3, 0.4) is 0 Å². The summed E-state index contributed by atoms with van der Waals surface area (Å²) in [4.78, 5) is 18.0. The first-order valence-corrected chi connectivity index (χ1v) is 8.44. The number of aromatic amines is 1. The van der Waals surface area contributed by atoms with Crippen molar-refractivity contribution in [3.8, 4) is 0 Å². The van der Waals surface area contributed by atoms with Gasteiger partial charge in [0.15, 0.2) is 5.43 Å². The van der Waals surface area contributed by atoms with Crippen LogP contribution < -0.4 is 10.3 Å². The lowest BCUT2D eigenvalue weighted by Crippen LogP contribution is -3.15. The highest BCUT2D eigenvalue weighted by Gasteiger charge is 2.24. The van der Waals surface area contributed by atoms with Crippen molar-refractivity contribution in [2.75, 3.05) is 6.54 Å². The molecule has 2 N–H and O–H groups in total. The summed E-state index contributed by atoms with van der Waals surface area (Å²) in [6.45, 7) is 10.5. The molecule has 2 aromatic rings. The van der Waals surface area contributed by atoms with Crippen LogP contribution in [0.15, 0.2) is 16.9 Å². The first-order chi connectivity index (χ1) is 10.5. The summed E-state index contributed by atoms with van der Waals surface area (Å²) in [6, 6.07) is 4.82. The Balaban J connectivity index is 2.08. The van der Waals surface area contributed by atoms with Crippen molar-refractivity contribution in [2.45, 2.75) is 59.5 Å². The Morgan fingerprint density at radius 2 is 2.00 bits per heavy atom. The number of nitrogens with one attached hydrogen (secondary N) is 2. The van der Waals surface area contributed by atoms with Gasteiger partial charge in [0, 0.05) is 11.1 Å². The minimum atomic E-state index is 0.225. The van der Waals surface area contributed by atoms with Crippen LogP contribution >= 0.6 is 0 Å². The smallest absolute Gasteiger partial charge is 0.198 e. The van der Waals surface area contributed by atoms with Crippen LogP contribution in [0, 0.1) is 20.8 Å². The van der Waals surface area contributed by atoms with Crippen molar-refractivity contribution < 1.29 is 4.90 Å². The molecular weight excluding hydrogens is 272 g/mol. The van der Waals surface area contributed by atoms with E-state index < -0.39 is 0 Å². The third kappa shape index (κ3) is 2.70. The van der Waals surface area contributed by atoms with Crippen molar-refractivity contribution in [1.29, 1.82) is 0 Å². The van der Waals surface area contributed by atoms with Gasteiger partial charge in [-0.05, 0) is 64.2 Å². The van der Waals surface area contributed by atoms with E-state index in [9.17, 15) is 4.79 Å². The number of fused-ring (bicyclic) bond motifs is 1. The van der Waals surface area contributed by atoms with Crippen LogP contribution in [-0.4, -0.2) is 17.6 Å². The van der Waals surface area contributed by atoms with Gasteiger partial charge in [-0.1, -0.05) is 6.07 Å². The molecule has 3 nitrogen and oxygen atoms in total. The molecule has 3 rings (SSSR count). The Kier molecular flexibility index (Phi) is 4.09. The number of benzene rings is 1. The number of pyridine rings is 1. The molecule has 2 unspecified atom stereocenters. The Hall–Kier alpha value is -1.61. The standard InChI is InChI=1S/C19H26N2O/c1-12-9-13(2)18-16(10-12)19(22)17(15(4)20-18)11-21-8-6-5-7-14(21)3/h9-10,14H,5-8,11H2,1-4H3,(H,20,22)/p+1. The quantitative estimate of drug-likeness (QED) is 0.878. The highest BCUT2D eigenvalue weighted by Crippen LogP contribution is 2.17. The van der Waals surface area contributed by atoms with Gasteiger partial charge in [0.1, 0.15) is 6.54 Å². The minimum Gasteiger partial charge on any atom is -0.358 e. The van der Waals surface area contributed by atoms with E-state index in [4.69, 9.17) is 0 Å².